The van der Waals surface area contributed by atoms with Gasteiger partial charge in [-0.15, -0.1) is 0 Å². The maximum atomic E-state index is 12.7. The number of hydrogen-bond acceptors (Lipinski definition) is 6. The maximum Gasteiger partial charge on any atom is 0.338 e. The summed E-state index contributed by atoms with van der Waals surface area (Å²) < 4.78 is 6.86. The summed E-state index contributed by atoms with van der Waals surface area (Å²) in [5.74, 6) is -0.445. The van der Waals surface area contributed by atoms with Gasteiger partial charge in [-0.3, -0.25) is 9.69 Å². The number of esters is 1. The van der Waals surface area contributed by atoms with Crippen LogP contribution in [-0.2, 0) is 9.53 Å². The van der Waals surface area contributed by atoms with Gasteiger partial charge in [-0.25, -0.2) is 4.79 Å². The molecule has 1 heterocycles. The van der Waals surface area contributed by atoms with Gasteiger partial charge in [-0.05, 0) is 77.0 Å². The molecule has 30 heavy (non-hydrogen) atoms. The molecule has 3 rings (SSSR count). The normalized spacial score (nSPS) is 15.0. The van der Waals surface area contributed by atoms with E-state index in [1.807, 2.05) is 37.3 Å². The van der Waals surface area contributed by atoms with Crippen molar-refractivity contribution in [3.63, 3.8) is 0 Å². The molecule has 0 aromatic heterocycles. The van der Waals surface area contributed by atoms with Crippen LogP contribution in [0.2, 0.25) is 0 Å². The molecule has 1 saturated heterocycles. The van der Waals surface area contributed by atoms with Crippen molar-refractivity contribution in [1.29, 1.82) is 0 Å². The molecule has 0 atom stereocenters. The van der Waals surface area contributed by atoms with E-state index >= 15 is 0 Å². The van der Waals surface area contributed by atoms with E-state index in [2.05, 4.69) is 27.9 Å². The third-order valence-corrected chi connectivity index (χ3v) is 6.43. The van der Waals surface area contributed by atoms with Crippen molar-refractivity contribution in [2.75, 3.05) is 18.6 Å². The Hall–Kier alpha value is -1.91. The number of halogens is 1. The van der Waals surface area contributed by atoms with Crippen molar-refractivity contribution >= 4 is 74.5 Å². The third kappa shape index (κ3) is 6.05. The average molecular weight is 552 g/mol. The number of anilines is 1. The maximum absolute atomic E-state index is 12.7. The molecule has 1 amide bonds. The van der Waals surface area contributed by atoms with Crippen molar-refractivity contribution in [3.05, 3.63) is 68.1 Å². The van der Waals surface area contributed by atoms with Crippen LogP contribution in [0.25, 0.3) is 6.08 Å². The fourth-order valence-electron chi connectivity index (χ4n) is 2.63. The third-order valence-electron chi connectivity index (χ3n) is 4.33. The number of benzene rings is 2. The highest BCUT2D eigenvalue weighted by molar-refractivity contribution is 14.1. The summed E-state index contributed by atoms with van der Waals surface area (Å²) in [7, 11) is 0. The van der Waals surface area contributed by atoms with E-state index in [4.69, 9.17) is 17.0 Å². The van der Waals surface area contributed by atoms with Gasteiger partial charge in [0.15, 0.2) is 0 Å². The number of unbranched alkanes of at least 4 members (excludes halogenated alkanes) is 1. The van der Waals surface area contributed by atoms with Gasteiger partial charge in [0.25, 0.3) is 5.91 Å². The lowest BCUT2D eigenvalue weighted by Crippen LogP contribution is -2.33. The summed E-state index contributed by atoms with van der Waals surface area (Å²) in [5.41, 5.74) is 2.25. The minimum atomic E-state index is -0.326. The molecule has 1 N–H and O–H groups in total. The molecule has 1 fully saturated rings. The van der Waals surface area contributed by atoms with Gasteiger partial charge in [0, 0.05) is 9.26 Å². The van der Waals surface area contributed by atoms with E-state index < -0.39 is 0 Å². The number of ether oxygens (including phenoxy) is 1. The lowest BCUT2D eigenvalue weighted by atomic mass is 10.2. The molecule has 0 unspecified atom stereocenters. The fraction of sp³-hybridized carbons (Fsp3) is 0.227. The number of hydrogen-bond donors (Lipinski definition) is 1. The summed E-state index contributed by atoms with van der Waals surface area (Å²) in [6.07, 6.45) is 3.69. The first-order valence-electron chi connectivity index (χ1n) is 9.50. The Morgan fingerprint density at radius 1 is 1.20 bits per heavy atom. The first-order valence-corrected chi connectivity index (χ1v) is 11.8. The zero-order valence-corrected chi connectivity index (χ0v) is 20.2. The Bertz CT molecular complexity index is 959. The second-order valence-electron chi connectivity index (χ2n) is 6.56. The van der Waals surface area contributed by atoms with Crippen LogP contribution < -0.4 is 5.32 Å². The zero-order chi connectivity index (χ0) is 21.5. The minimum Gasteiger partial charge on any atom is -0.462 e. The number of nitrogens with one attached hydrogen (secondary N) is 1. The topological polar surface area (TPSA) is 58.6 Å². The molecule has 2 aromatic carbocycles. The Kier molecular flexibility index (Phi) is 8.29. The second-order valence-corrected chi connectivity index (χ2v) is 9.48. The molecule has 2 aromatic rings. The van der Waals surface area contributed by atoms with Crippen LogP contribution in [0.1, 0.15) is 35.7 Å². The van der Waals surface area contributed by atoms with Gasteiger partial charge in [0.05, 0.1) is 23.7 Å². The van der Waals surface area contributed by atoms with Crippen LogP contribution in [0.4, 0.5) is 5.69 Å². The van der Waals surface area contributed by atoms with Crippen LogP contribution in [-0.4, -0.2) is 34.4 Å². The van der Waals surface area contributed by atoms with Gasteiger partial charge in [-0.2, -0.15) is 0 Å². The van der Waals surface area contributed by atoms with Crippen molar-refractivity contribution in [3.8, 4) is 0 Å². The molecule has 0 spiro atoms. The second kappa shape index (κ2) is 10.9. The molecule has 0 saturated carbocycles. The van der Waals surface area contributed by atoms with Crippen molar-refractivity contribution < 1.29 is 14.3 Å². The Morgan fingerprint density at radius 3 is 2.57 bits per heavy atom. The largest absolute Gasteiger partial charge is 0.462 e. The number of carbonyl (C=O) groups excluding carboxylic acids is 2. The Balaban J connectivity index is 1.57. The van der Waals surface area contributed by atoms with E-state index in [9.17, 15) is 9.59 Å². The molecular formula is C22H21IN2O3S2. The molecular weight excluding hydrogens is 531 g/mol. The number of nitrogens with zero attached hydrogens (tertiary/aromatic N) is 1. The van der Waals surface area contributed by atoms with Crippen LogP contribution >= 0.6 is 46.6 Å². The van der Waals surface area contributed by atoms with Gasteiger partial charge in [0.2, 0.25) is 0 Å². The first kappa shape index (κ1) is 22.8. The van der Waals surface area contributed by atoms with E-state index in [0.29, 0.717) is 21.4 Å². The SMILES string of the molecule is CCCCOC(=O)c1ccc(NCN2C(=O)/C(=C/c3ccc(I)cc3)SC2=S)cc1. The molecule has 0 radical (unpaired) electrons. The van der Waals surface area contributed by atoms with Crippen LogP contribution in [0.3, 0.4) is 0 Å². The Morgan fingerprint density at radius 2 is 1.90 bits per heavy atom. The standard InChI is InChI=1S/C22H21IN2O3S2/c1-2-3-12-28-21(27)16-6-10-18(11-7-16)24-14-25-20(26)19(30-22(25)29)13-15-4-8-17(23)9-5-15/h4-11,13,24H,2-3,12,14H2,1H3/b19-13-. The molecule has 1 aliphatic heterocycles. The minimum absolute atomic E-state index is 0.118. The number of amides is 1. The summed E-state index contributed by atoms with van der Waals surface area (Å²) >= 11 is 8.92. The van der Waals surface area contributed by atoms with Crippen LogP contribution in [0, 0.1) is 3.57 Å². The predicted molar refractivity (Wildman–Crippen MR) is 134 cm³/mol. The van der Waals surface area contributed by atoms with Gasteiger partial charge in [0.1, 0.15) is 4.32 Å². The monoisotopic (exact) mass is 552 g/mol. The van der Waals surface area contributed by atoms with Gasteiger partial charge >= 0.3 is 5.97 Å². The fourth-order valence-corrected chi connectivity index (χ4v) is 4.25. The smallest absolute Gasteiger partial charge is 0.338 e. The lowest BCUT2D eigenvalue weighted by Gasteiger charge is -2.16. The van der Waals surface area contributed by atoms with E-state index in [0.717, 1.165) is 27.7 Å². The summed E-state index contributed by atoms with van der Waals surface area (Å²) in [6.45, 7) is 2.74. The molecule has 156 valence electrons. The van der Waals surface area contributed by atoms with Gasteiger partial charge < -0.3 is 10.1 Å². The highest BCUT2D eigenvalue weighted by atomic mass is 127. The highest BCUT2D eigenvalue weighted by Gasteiger charge is 2.31. The van der Waals surface area contributed by atoms with E-state index in [1.165, 1.54) is 16.7 Å². The Labute approximate surface area is 199 Å². The predicted octanol–water partition coefficient (Wildman–Crippen LogP) is 5.52. The number of thiocarbonyl (C=S) groups is 1. The number of carbonyl (C=O) groups is 2. The number of thioether (sulfide) groups is 1. The lowest BCUT2D eigenvalue weighted by molar-refractivity contribution is -0.121. The molecule has 1 aliphatic rings. The van der Waals surface area contributed by atoms with E-state index in [1.54, 1.807) is 24.3 Å². The quantitative estimate of drug-likeness (QED) is 0.153. The average Bonchev–Trinajstić information content (AvgIpc) is 3.01. The summed E-state index contributed by atoms with van der Waals surface area (Å²) in [4.78, 5) is 26.8. The molecule has 8 heteroatoms. The summed E-state index contributed by atoms with van der Waals surface area (Å²) in [6, 6.07) is 14.9. The van der Waals surface area contributed by atoms with Crippen molar-refractivity contribution in [1.82, 2.24) is 4.90 Å². The van der Waals surface area contributed by atoms with E-state index in [-0.39, 0.29) is 18.5 Å². The molecule has 5 nitrogen and oxygen atoms in total. The van der Waals surface area contributed by atoms with Crippen LogP contribution in [0.5, 0.6) is 0 Å². The highest BCUT2D eigenvalue weighted by Crippen LogP contribution is 2.32. The van der Waals surface area contributed by atoms with Crippen molar-refractivity contribution in [2.24, 2.45) is 0 Å². The van der Waals surface area contributed by atoms with Crippen molar-refractivity contribution in [2.45, 2.75) is 19.8 Å². The van der Waals surface area contributed by atoms with Crippen LogP contribution in [0.15, 0.2) is 53.4 Å². The molecule has 0 aliphatic carbocycles. The summed E-state index contributed by atoms with van der Waals surface area (Å²) in [5, 5.41) is 3.18. The number of rotatable bonds is 8. The molecule has 0 bridgehead atoms. The zero-order valence-electron chi connectivity index (χ0n) is 16.4. The first-order chi connectivity index (χ1) is 14.5. The van der Waals surface area contributed by atoms with Gasteiger partial charge in [-0.1, -0.05) is 49.5 Å².